The number of amides is 1. The van der Waals surface area contributed by atoms with Crippen molar-refractivity contribution in [1.82, 2.24) is 10.6 Å². The van der Waals surface area contributed by atoms with Crippen LogP contribution in [0.5, 0.6) is 0 Å². The molecule has 5 heteroatoms. The molecule has 0 radical (unpaired) electrons. The molecule has 2 rings (SSSR count). The molecule has 1 unspecified atom stereocenters. The molecular weight excluding hydrogens is 280 g/mol. The molecule has 1 aromatic heterocycles. The van der Waals surface area contributed by atoms with E-state index >= 15 is 0 Å². The smallest absolute Gasteiger partial charge is 0.223 e. The quantitative estimate of drug-likeness (QED) is 0.901. The number of hydrogen-bond acceptors (Lipinski definition) is 3. The largest absolute Gasteiger partial charge is 0.349 e. The molecular formula is C14H23ClN2OS. The molecule has 1 fully saturated rings. The Balaban J connectivity index is 0.00000180. The van der Waals surface area contributed by atoms with Crippen LogP contribution in [0.2, 0.25) is 0 Å². The van der Waals surface area contributed by atoms with Crippen LogP contribution in [0.4, 0.5) is 0 Å². The molecule has 0 spiro atoms. The number of piperidine rings is 1. The molecule has 0 saturated carbocycles. The van der Waals surface area contributed by atoms with Crippen molar-refractivity contribution in [1.29, 1.82) is 0 Å². The molecule has 1 aliphatic rings. The van der Waals surface area contributed by atoms with Gasteiger partial charge in [-0.2, -0.15) is 0 Å². The van der Waals surface area contributed by atoms with Gasteiger partial charge in [-0.05, 0) is 58.3 Å². The molecule has 108 valence electrons. The topological polar surface area (TPSA) is 41.1 Å². The first-order valence-electron chi connectivity index (χ1n) is 6.66. The Labute approximate surface area is 125 Å². The van der Waals surface area contributed by atoms with Crippen molar-refractivity contribution in [3.8, 4) is 0 Å². The number of thiophene rings is 1. The van der Waals surface area contributed by atoms with Crippen molar-refractivity contribution in [3.05, 3.63) is 21.4 Å². The summed E-state index contributed by atoms with van der Waals surface area (Å²) >= 11 is 1.80. The summed E-state index contributed by atoms with van der Waals surface area (Å²) in [7, 11) is 0. The van der Waals surface area contributed by atoms with Gasteiger partial charge in [0, 0.05) is 15.7 Å². The highest BCUT2D eigenvalue weighted by Gasteiger charge is 2.23. The van der Waals surface area contributed by atoms with Crippen LogP contribution in [0.3, 0.4) is 0 Å². The number of aryl methyl sites for hydroxylation is 2. The molecule has 0 bridgehead atoms. The van der Waals surface area contributed by atoms with Gasteiger partial charge in [0.2, 0.25) is 5.91 Å². The van der Waals surface area contributed by atoms with Crippen LogP contribution in [-0.2, 0) is 4.79 Å². The van der Waals surface area contributed by atoms with E-state index in [1.54, 1.807) is 11.3 Å². The fourth-order valence-corrected chi connectivity index (χ4v) is 3.60. The van der Waals surface area contributed by atoms with Crippen molar-refractivity contribution >= 4 is 29.7 Å². The monoisotopic (exact) mass is 302 g/mol. The van der Waals surface area contributed by atoms with Crippen LogP contribution in [0.15, 0.2) is 6.07 Å². The summed E-state index contributed by atoms with van der Waals surface area (Å²) in [6.07, 6.45) is 1.92. The molecule has 0 aromatic carbocycles. The van der Waals surface area contributed by atoms with Gasteiger partial charge in [-0.15, -0.1) is 23.7 Å². The van der Waals surface area contributed by atoms with Crippen LogP contribution in [-0.4, -0.2) is 19.0 Å². The van der Waals surface area contributed by atoms with Gasteiger partial charge >= 0.3 is 0 Å². The Kier molecular flexibility index (Phi) is 6.30. The molecule has 19 heavy (non-hydrogen) atoms. The SMILES string of the molecule is Cc1cc(C(C)NC(=O)C2CCNCC2)c(C)s1.Cl. The number of hydrogen-bond donors (Lipinski definition) is 2. The second kappa shape index (κ2) is 7.27. The minimum Gasteiger partial charge on any atom is -0.349 e. The summed E-state index contributed by atoms with van der Waals surface area (Å²) in [6, 6.07) is 2.31. The van der Waals surface area contributed by atoms with E-state index in [-0.39, 0.29) is 30.3 Å². The normalized spacial score (nSPS) is 17.6. The zero-order chi connectivity index (χ0) is 13.1. The van der Waals surface area contributed by atoms with Gasteiger partial charge < -0.3 is 10.6 Å². The maximum atomic E-state index is 12.2. The Morgan fingerprint density at radius 2 is 2.05 bits per heavy atom. The van der Waals surface area contributed by atoms with Gasteiger partial charge in [-0.3, -0.25) is 4.79 Å². The molecule has 1 atom stereocenters. The molecule has 1 saturated heterocycles. The van der Waals surface area contributed by atoms with Gasteiger partial charge in [0.05, 0.1) is 6.04 Å². The van der Waals surface area contributed by atoms with E-state index in [2.05, 4.69) is 37.5 Å². The highest BCUT2D eigenvalue weighted by molar-refractivity contribution is 7.12. The van der Waals surface area contributed by atoms with Gasteiger partial charge in [0.1, 0.15) is 0 Å². The zero-order valence-electron chi connectivity index (χ0n) is 11.8. The lowest BCUT2D eigenvalue weighted by Gasteiger charge is -2.24. The van der Waals surface area contributed by atoms with Crippen LogP contribution < -0.4 is 10.6 Å². The fourth-order valence-electron chi connectivity index (χ4n) is 2.57. The van der Waals surface area contributed by atoms with Gasteiger partial charge in [0.25, 0.3) is 0 Å². The minimum atomic E-state index is 0. The maximum Gasteiger partial charge on any atom is 0.223 e. The van der Waals surface area contributed by atoms with Gasteiger partial charge in [-0.1, -0.05) is 0 Å². The second-order valence-corrected chi connectivity index (χ2v) is 6.58. The summed E-state index contributed by atoms with van der Waals surface area (Å²) in [5.41, 5.74) is 1.26. The Bertz CT molecular complexity index is 427. The zero-order valence-corrected chi connectivity index (χ0v) is 13.4. The number of nitrogens with one attached hydrogen (secondary N) is 2. The highest BCUT2D eigenvalue weighted by Crippen LogP contribution is 2.26. The van der Waals surface area contributed by atoms with Crippen molar-refractivity contribution in [3.63, 3.8) is 0 Å². The third-order valence-corrected chi connectivity index (χ3v) is 4.60. The van der Waals surface area contributed by atoms with E-state index in [0.29, 0.717) is 0 Å². The van der Waals surface area contributed by atoms with E-state index in [0.717, 1.165) is 25.9 Å². The molecule has 1 aliphatic heterocycles. The van der Waals surface area contributed by atoms with Gasteiger partial charge in [-0.25, -0.2) is 0 Å². The average molecular weight is 303 g/mol. The molecule has 2 heterocycles. The van der Waals surface area contributed by atoms with E-state index in [4.69, 9.17) is 0 Å². The van der Waals surface area contributed by atoms with E-state index < -0.39 is 0 Å². The Hall–Kier alpha value is -0.580. The third kappa shape index (κ3) is 4.20. The van der Waals surface area contributed by atoms with Crippen LogP contribution in [0, 0.1) is 19.8 Å². The lowest BCUT2D eigenvalue weighted by molar-refractivity contribution is -0.126. The lowest BCUT2D eigenvalue weighted by Crippen LogP contribution is -2.39. The summed E-state index contributed by atoms with van der Waals surface area (Å²) in [5, 5.41) is 6.45. The first-order chi connectivity index (χ1) is 8.58. The van der Waals surface area contributed by atoms with E-state index in [1.165, 1.54) is 15.3 Å². The standard InChI is InChI=1S/C14H22N2OS.ClH/c1-9-8-13(11(3)18-9)10(2)16-14(17)12-4-6-15-7-5-12;/h8,10,12,15H,4-7H2,1-3H3,(H,16,17);1H. The molecule has 1 aromatic rings. The summed E-state index contributed by atoms with van der Waals surface area (Å²) in [6.45, 7) is 8.24. The van der Waals surface area contributed by atoms with Crippen molar-refractivity contribution in [2.75, 3.05) is 13.1 Å². The van der Waals surface area contributed by atoms with Crippen LogP contribution in [0.25, 0.3) is 0 Å². The molecule has 1 amide bonds. The Morgan fingerprint density at radius 3 is 2.58 bits per heavy atom. The van der Waals surface area contributed by atoms with E-state index in [1.807, 2.05) is 0 Å². The van der Waals surface area contributed by atoms with E-state index in [9.17, 15) is 4.79 Å². The molecule has 2 N–H and O–H groups in total. The highest BCUT2D eigenvalue weighted by atomic mass is 35.5. The minimum absolute atomic E-state index is 0. The summed E-state index contributed by atoms with van der Waals surface area (Å²) in [5.74, 6) is 0.404. The second-order valence-electron chi connectivity index (χ2n) is 5.12. The van der Waals surface area contributed by atoms with Crippen LogP contribution >= 0.6 is 23.7 Å². The fraction of sp³-hybridized carbons (Fsp3) is 0.643. The predicted molar refractivity (Wildman–Crippen MR) is 83.2 cm³/mol. The van der Waals surface area contributed by atoms with Crippen LogP contribution in [0.1, 0.15) is 41.1 Å². The Morgan fingerprint density at radius 1 is 1.42 bits per heavy atom. The lowest BCUT2D eigenvalue weighted by atomic mass is 9.96. The predicted octanol–water partition coefficient (Wildman–Crippen LogP) is 2.96. The summed E-state index contributed by atoms with van der Waals surface area (Å²) < 4.78 is 0. The van der Waals surface area contributed by atoms with Gasteiger partial charge in [0.15, 0.2) is 0 Å². The van der Waals surface area contributed by atoms with Crippen molar-refractivity contribution in [2.24, 2.45) is 5.92 Å². The molecule has 0 aliphatic carbocycles. The summed E-state index contributed by atoms with van der Waals surface area (Å²) in [4.78, 5) is 14.8. The first-order valence-corrected chi connectivity index (χ1v) is 7.47. The van der Waals surface area contributed by atoms with Crippen molar-refractivity contribution < 1.29 is 4.79 Å². The number of carbonyl (C=O) groups excluding carboxylic acids is 1. The number of rotatable bonds is 3. The first kappa shape index (κ1) is 16.5. The maximum absolute atomic E-state index is 12.2. The number of carbonyl (C=O) groups is 1. The number of halogens is 1. The molecule has 3 nitrogen and oxygen atoms in total. The average Bonchev–Trinajstić information content (AvgIpc) is 2.69. The third-order valence-electron chi connectivity index (χ3n) is 3.61. The van der Waals surface area contributed by atoms with Crippen molar-refractivity contribution in [2.45, 2.75) is 39.7 Å².